The number of rotatable bonds is 9. The van der Waals surface area contributed by atoms with Crippen LogP contribution in [-0.2, 0) is 19.1 Å². The van der Waals surface area contributed by atoms with Crippen molar-refractivity contribution >= 4 is 40.3 Å². The molecule has 3 aromatic carbocycles. The molecule has 0 aromatic heterocycles. The molecule has 0 aliphatic heterocycles. The Morgan fingerprint density at radius 3 is 2.30 bits per heavy atom. The number of benzene rings is 3. The van der Waals surface area contributed by atoms with Crippen molar-refractivity contribution in [2.75, 3.05) is 12.4 Å². The van der Waals surface area contributed by atoms with Crippen LogP contribution in [0.25, 0.3) is 10.8 Å². The predicted molar refractivity (Wildman–Crippen MR) is 153 cm³/mol. The van der Waals surface area contributed by atoms with Gasteiger partial charge in [-0.15, -0.1) is 0 Å². The number of ether oxygens (including phenoxy) is 1. The van der Waals surface area contributed by atoms with Crippen LogP contribution >= 0.6 is 0 Å². The summed E-state index contributed by atoms with van der Waals surface area (Å²) in [5, 5.41) is 17.4. The van der Waals surface area contributed by atoms with E-state index in [0.717, 1.165) is 10.8 Å². The van der Waals surface area contributed by atoms with Crippen molar-refractivity contribution in [3.8, 4) is 5.75 Å². The van der Waals surface area contributed by atoms with E-state index in [4.69, 9.17) is 10.5 Å². The Morgan fingerprint density at radius 2 is 1.68 bits per heavy atom. The molecule has 3 aromatic rings. The average molecular weight is 549 g/mol. The number of primary amides is 1. The third kappa shape index (κ3) is 7.95. The molecular formula is C30H36N4O6. The molecule has 40 heavy (non-hydrogen) atoms. The lowest BCUT2D eigenvalue weighted by Crippen LogP contribution is -2.51. The second kappa shape index (κ2) is 12.5. The minimum Gasteiger partial charge on any atom is -0.508 e. The van der Waals surface area contributed by atoms with Crippen molar-refractivity contribution < 1.29 is 29.0 Å². The highest BCUT2D eigenvalue weighted by Crippen LogP contribution is 2.28. The molecule has 0 aliphatic carbocycles. The van der Waals surface area contributed by atoms with E-state index >= 15 is 0 Å². The number of nitrogens with two attached hydrogens (primary N) is 1. The van der Waals surface area contributed by atoms with Crippen molar-refractivity contribution in [1.82, 2.24) is 10.2 Å². The number of hydrogen-bond acceptors (Lipinski definition) is 6. The minimum absolute atomic E-state index is 0.0392. The van der Waals surface area contributed by atoms with Gasteiger partial charge in [-0.1, -0.05) is 36.4 Å². The normalized spacial score (nSPS) is 12.7. The smallest absolute Gasteiger partial charge is 0.408 e. The van der Waals surface area contributed by atoms with E-state index in [1.165, 1.54) is 18.0 Å². The third-order valence-corrected chi connectivity index (χ3v) is 6.21. The van der Waals surface area contributed by atoms with E-state index < -0.39 is 41.5 Å². The molecule has 3 rings (SSSR count). The van der Waals surface area contributed by atoms with Crippen LogP contribution in [-0.4, -0.2) is 52.5 Å². The van der Waals surface area contributed by atoms with Crippen LogP contribution in [0.1, 0.15) is 50.8 Å². The van der Waals surface area contributed by atoms with Crippen LogP contribution < -0.4 is 16.4 Å². The van der Waals surface area contributed by atoms with Crippen molar-refractivity contribution in [2.45, 2.75) is 58.2 Å². The first-order valence-corrected chi connectivity index (χ1v) is 12.9. The van der Waals surface area contributed by atoms with Crippen molar-refractivity contribution in [1.29, 1.82) is 0 Å². The van der Waals surface area contributed by atoms with Gasteiger partial charge in [0.15, 0.2) is 0 Å². The van der Waals surface area contributed by atoms with E-state index in [1.54, 1.807) is 45.9 Å². The molecule has 10 nitrogen and oxygen atoms in total. The van der Waals surface area contributed by atoms with Crippen LogP contribution in [0, 0.1) is 6.92 Å². The zero-order valence-corrected chi connectivity index (χ0v) is 23.4. The molecule has 0 fully saturated rings. The maximum Gasteiger partial charge on any atom is 0.408 e. The van der Waals surface area contributed by atoms with E-state index in [0.29, 0.717) is 16.8 Å². The number of nitrogens with one attached hydrogen (secondary N) is 2. The van der Waals surface area contributed by atoms with Gasteiger partial charge in [-0.25, -0.2) is 4.79 Å². The summed E-state index contributed by atoms with van der Waals surface area (Å²) < 4.78 is 5.30. The molecule has 212 valence electrons. The van der Waals surface area contributed by atoms with Gasteiger partial charge in [0, 0.05) is 19.2 Å². The average Bonchev–Trinajstić information content (AvgIpc) is 2.87. The fraction of sp³-hybridized carbons (Fsp3) is 0.333. The van der Waals surface area contributed by atoms with Crippen molar-refractivity contribution in [3.63, 3.8) is 0 Å². The SMILES string of the molecule is Cc1cc(C(C(=O)Nc2ccc3ccccc3c2)N(C)C(=O)C(CCC(N)=O)NC(=O)OC(C)(C)C)ccc1O. The molecule has 0 bridgehead atoms. The fourth-order valence-electron chi connectivity index (χ4n) is 4.24. The van der Waals surface area contributed by atoms with Gasteiger partial charge in [0.05, 0.1) is 0 Å². The number of hydrogen-bond donors (Lipinski definition) is 4. The third-order valence-electron chi connectivity index (χ3n) is 6.21. The van der Waals surface area contributed by atoms with Gasteiger partial charge in [-0.2, -0.15) is 0 Å². The number of carbonyl (C=O) groups excluding carboxylic acids is 4. The van der Waals surface area contributed by atoms with Crippen LogP contribution in [0.3, 0.4) is 0 Å². The lowest BCUT2D eigenvalue weighted by atomic mass is 10.00. The first kappa shape index (κ1) is 29.9. The van der Waals surface area contributed by atoms with Crippen LogP contribution in [0.15, 0.2) is 60.7 Å². The number of anilines is 1. The summed E-state index contributed by atoms with van der Waals surface area (Å²) in [6.07, 6.45) is -1.11. The van der Waals surface area contributed by atoms with Gasteiger partial charge in [-0.3, -0.25) is 14.4 Å². The lowest BCUT2D eigenvalue weighted by molar-refractivity contribution is -0.139. The second-order valence-corrected chi connectivity index (χ2v) is 10.7. The van der Waals surface area contributed by atoms with Crippen LogP contribution in [0.2, 0.25) is 0 Å². The van der Waals surface area contributed by atoms with Gasteiger partial charge < -0.3 is 31.1 Å². The van der Waals surface area contributed by atoms with Crippen LogP contribution in [0.5, 0.6) is 5.75 Å². The summed E-state index contributed by atoms with van der Waals surface area (Å²) in [4.78, 5) is 52.7. The maximum absolute atomic E-state index is 13.7. The predicted octanol–water partition coefficient (Wildman–Crippen LogP) is 4.15. The first-order chi connectivity index (χ1) is 18.7. The molecule has 0 saturated heterocycles. The highest BCUT2D eigenvalue weighted by Gasteiger charge is 2.34. The minimum atomic E-state index is -1.19. The van der Waals surface area contributed by atoms with E-state index in [1.807, 2.05) is 36.4 Å². The molecule has 0 radical (unpaired) electrons. The van der Waals surface area contributed by atoms with Gasteiger partial charge in [0.1, 0.15) is 23.4 Å². The largest absolute Gasteiger partial charge is 0.508 e. The molecule has 0 aliphatic rings. The zero-order chi connectivity index (χ0) is 29.6. The Kier molecular flexibility index (Phi) is 9.36. The summed E-state index contributed by atoms with van der Waals surface area (Å²) >= 11 is 0. The molecule has 0 spiro atoms. The summed E-state index contributed by atoms with van der Waals surface area (Å²) in [7, 11) is 1.43. The summed E-state index contributed by atoms with van der Waals surface area (Å²) in [5.74, 6) is -1.75. The summed E-state index contributed by atoms with van der Waals surface area (Å²) in [5.41, 5.74) is 5.97. The highest BCUT2D eigenvalue weighted by molar-refractivity contribution is 6.00. The lowest BCUT2D eigenvalue weighted by Gasteiger charge is -2.32. The molecule has 0 saturated carbocycles. The number of alkyl carbamates (subject to hydrolysis) is 1. The number of likely N-dealkylation sites (N-methyl/N-ethyl adjacent to an activating group) is 1. The van der Waals surface area contributed by atoms with Crippen molar-refractivity contribution in [2.24, 2.45) is 5.73 Å². The molecule has 10 heteroatoms. The fourth-order valence-corrected chi connectivity index (χ4v) is 4.24. The topological polar surface area (TPSA) is 151 Å². The number of fused-ring (bicyclic) bond motifs is 1. The molecule has 5 N–H and O–H groups in total. The van der Waals surface area contributed by atoms with Gasteiger partial charge >= 0.3 is 6.09 Å². The number of aromatic hydroxyl groups is 1. The Balaban J connectivity index is 1.95. The van der Waals surface area contributed by atoms with Crippen LogP contribution in [0.4, 0.5) is 10.5 Å². The highest BCUT2D eigenvalue weighted by atomic mass is 16.6. The van der Waals surface area contributed by atoms with Gasteiger partial charge in [-0.05, 0) is 80.3 Å². The standard InChI is InChI=1S/C30H36N4O6/c1-18-16-21(11-14-24(18)35)26(27(37)32-22-12-10-19-8-6-7-9-20(19)17-22)34(5)28(38)23(13-15-25(31)36)33-29(39)40-30(2,3)4/h6-12,14,16-17,23,26,35H,13,15H2,1-5H3,(H2,31,36)(H,32,37)(H,33,39). The Morgan fingerprint density at radius 1 is 1.00 bits per heavy atom. The van der Waals surface area contributed by atoms with Crippen molar-refractivity contribution in [3.05, 3.63) is 71.8 Å². The summed E-state index contributed by atoms with van der Waals surface area (Å²) in [6, 6.07) is 15.4. The number of amides is 4. The number of phenolic OH excluding ortho intramolecular Hbond substituents is 1. The zero-order valence-electron chi connectivity index (χ0n) is 23.4. The van der Waals surface area contributed by atoms with E-state index in [2.05, 4.69) is 10.6 Å². The van der Waals surface area contributed by atoms with E-state index in [-0.39, 0.29) is 18.6 Å². The second-order valence-electron chi connectivity index (χ2n) is 10.7. The quantitative estimate of drug-likeness (QED) is 0.315. The van der Waals surface area contributed by atoms with E-state index in [9.17, 15) is 24.3 Å². The Labute approximate surface area is 233 Å². The molecule has 4 amide bonds. The Bertz CT molecular complexity index is 1410. The number of aryl methyl sites for hydroxylation is 1. The first-order valence-electron chi connectivity index (χ1n) is 12.9. The number of phenols is 1. The molecule has 2 atom stereocenters. The van der Waals surface area contributed by atoms with Gasteiger partial charge in [0.2, 0.25) is 11.8 Å². The molecule has 0 heterocycles. The Hall–Kier alpha value is -4.60. The summed E-state index contributed by atoms with van der Waals surface area (Å²) in [6.45, 7) is 6.72. The molecular weight excluding hydrogens is 512 g/mol. The van der Waals surface area contributed by atoms with Gasteiger partial charge in [0.25, 0.3) is 5.91 Å². The maximum atomic E-state index is 13.7. The monoisotopic (exact) mass is 548 g/mol. The number of nitrogens with zero attached hydrogens (tertiary/aromatic N) is 1. The number of carbonyl (C=O) groups is 4. The molecule has 2 unspecified atom stereocenters.